The van der Waals surface area contributed by atoms with E-state index in [1.54, 1.807) is 14.2 Å². The van der Waals surface area contributed by atoms with Gasteiger partial charge in [-0.25, -0.2) is 0 Å². The molecular weight excluding hydrogens is 240 g/mol. The molecule has 0 unspecified atom stereocenters. The lowest BCUT2D eigenvalue weighted by Crippen LogP contribution is -2.11. The molecule has 0 aliphatic heterocycles. The molecule has 0 aliphatic rings. The summed E-state index contributed by atoms with van der Waals surface area (Å²) in [5.41, 5.74) is 8.66. The fraction of sp³-hybridized carbons (Fsp3) is 0.200. The number of anilines is 3. The number of methoxy groups -OCH3 is 2. The van der Waals surface area contributed by atoms with Crippen molar-refractivity contribution in [2.24, 2.45) is 0 Å². The van der Waals surface area contributed by atoms with Crippen LogP contribution in [0.25, 0.3) is 0 Å². The second kappa shape index (κ2) is 5.52. The number of benzene rings is 2. The van der Waals surface area contributed by atoms with Gasteiger partial charge in [-0.1, -0.05) is 12.1 Å². The molecule has 2 aromatic rings. The average molecular weight is 258 g/mol. The fourth-order valence-electron chi connectivity index (χ4n) is 1.97. The molecule has 0 radical (unpaired) electrons. The Labute approximate surface area is 113 Å². The van der Waals surface area contributed by atoms with Crippen molar-refractivity contribution >= 4 is 17.1 Å². The monoisotopic (exact) mass is 258 g/mol. The Hall–Kier alpha value is -2.36. The Morgan fingerprint density at radius 1 is 0.947 bits per heavy atom. The Kier molecular flexibility index (Phi) is 3.80. The maximum absolute atomic E-state index is 5.99. The zero-order valence-corrected chi connectivity index (χ0v) is 11.4. The van der Waals surface area contributed by atoms with Gasteiger partial charge in [-0.15, -0.1) is 0 Å². The first-order valence-electron chi connectivity index (χ1n) is 5.97. The third kappa shape index (κ3) is 2.57. The molecule has 4 heteroatoms. The van der Waals surface area contributed by atoms with Gasteiger partial charge in [0.2, 0.25) is 0 Å². The molecule has 0 atom stereocenters. The summed E-state index contributed by atoms with van der Waals surface area (Å²) in [6, 6.07) is 13.5. The quantitative estimate of drug-likeness (QED) is 0.856. The molecule has 0 spiro atoms. The highest BCUT2D eigenvalue weighted by atomic mass is 16.5. The first-order valence-corrected chi connectivity index (χ1v) is 5.97. The molecule has 2 N–H and O–H groups in total. The van der Waals surface area contributed by atoms with Gasteiger partial charge in [0.1, 0.15) is 0 Å². The van der Waals surface area contributed by atoms with Crippen LogP contribution in [0.4, 0.5) is 17.1 Å². The van der Waals surface area contributed by atoms with E-state index in [1.807, 2.05) is 54.4 Å². The first kappa shape index (κ1) is 13.1. The average Bonchev–Trinajstić information content (AvgIpc) is 2.46. The van der Waals surface area contributed by atoms with E-state index >= 15 is 0 Å². The van der Waals surface area contributed by atoms with Crippen LogP contribution in [-0.4, -0.2) is 21.3 Å². The van der Waals surface area contributed by atoms with Gasteiger partial charge in [0.05, 0.1) is 25.6 Å². The summed E-state index contributed by atoms with van der Waals surface area (Å²) in [6.45, 7) is 0. The van der Waals surface area contributed by atoms with Crippen LogP contribution in [0.5, 0.6) is 11.5 Å². The SMILES string of the molecule is COc1ccc(N(C)c2ccccc2N)cc1OC. The number of nitrogen functional groups attached to an aromatic ring is 1. The topological polar surface area (TPSA) is 47.7 Å². The van der Waals surface area contributed by atoms with Crippen LogP contribution >= 0.6 is 0 Å². The van der Waals surface area contributed by atoms with Crippen molar-refractivity contribution < 1.29 is 9.47 Å². The Morgan fingerprint density at radius 3 is 2.26 bits per heavy atom. The number of hydrogen-bond donors (Lipinski definition) is 1. The van der Waals surface area contributed by atoms with Gasteiger partial charge in [0, 0.05) is 18.8 Å². The number of ether oxygens (including phenoxy) is 2. The Morgan fingerprint density at radius 2 is 1.63 bits per heavy atom. The highest BCUT2D eigenvalue weighted by molar-refractivity contribution is 5.75. The van der Waals surface area contributed by atoms with Gasteiger partial charge in [0.15, 0.2) is 11.5 Å². The third-order valence-corrected chi connectivity index (χ3v) is 3.05. The van der Waals surface area contributed by atoms with Crippen molar-refractivity contribution in [1.29, 1.82) is 0 Å². The molecule has 0 aliphatic carbocycles. The smallest absolute Gasteiger partial charge is 0.162 e. The highest BCUT2D eigenvalue weighted by Crippen LogP contribution is 2.35. The number of rotatable bonds is 4. The van der Waals surface area contributed by atoms with Crippen LogP contribution in [0.2, 0.25) is 0 Å². The van der Waals surface area contributed by atoms with E-state index < -0.39 is 0 Å². The summed E-state index contributed by atoms with van der Waals surface area (Å²) in [5, 5.41) is 0. The molecule has 0 fully saturated rings. The molecular formula is C15H18N2O2. The van der Waals surface area contributed by atoms with Crippen LogP contribution < -0.4 is 20.1 Å². The number of nitrogens with two attached hydrogens (primary N) is 1. The van der Waals surface area contributed by atoms with Gasteiger partial charge in [0.25, 0.3) is 0 Å². The summed E-state index contributed by atoms with van der Waals surface area (Å²) in [5.74, 6) is 1.40. The molecule has 100 valence electrons. The first-order chi connectivity index (χ1) is 9.17. The second-order valence-electron chi connectivity index (χ2n) is 4.16. The molecule has 0 saturated carbocycles. The lowest BCUT2D eigenvalue weighted by molar-refractivity contribution is 0.355. The predicted molar refractivity (Wildman–Crippen MR) is 78.5 cm³/mol. The Balaban J connectivity index is 2.39. The largest absolute Gasteiger partial charge is 0.493 e. The molecule has 0 heterocycles. The highest BCUT2D eigenvalue weighted by Gasteiger charge is 2.10. The van der Waals surface area contributed by atoms with Crippen LogP contribution in [0.15, 0.2) is 42.5 Å². The van der Waals surface area contributed by atoms with Gasteiger partial charge in [-0.05, 0) is 24.3 Å². The summed E-state index contributed by atoms with van der Waals surface area (Å²) < 4.78 is 10.5. The third-order valence-electron chi connectivity index (χ3n) is 3.05. The summed E-state index contributed by atoms with van der Waals surface area (Å²) in [4.78, 5) is 2.01. The predicted octanol–water partition coefficient (Wildman–Crippen LogP) is 3.05. The van der Waals surface area contributed by atoms with Crippen molar-refractivity contribution in [1.82, 2.24) is 0 Å². The second-order valence-corrected chi connectivity index (χ2v) is 4.16. The van der Waals surface area contributed by atoms with Crippen LogP contribution in [0.3, 0.4) is 0 Å². The zero-order chi connectivity index (χ0) is 13.8. The van der Waals surface area contributed by atoms with Crippen molar-refractivity contribution in [2.75, 3.05) is 31.9 Å². The minimum atomic E-state index is 0.696. The lowest BCUT2D eigenvalue weighted by atomic mass is 10.2. The van der Waals surface area contributed by atoms with E-state index in [-0.39, 0.29) is 0 Å². The lowest BCUT2D eigenvalue weighted by Gasteiger charge is -2.22. The molecule has 2 rings (SSSR count). The van der Waals surface area contributed by atoms with E-state index in [1.165, 1.54) is 0 Å². The summed E-state index contributed by atoms with van der Waals surface area (Å²) in [6.07, 6.45) is 0. The van der Waals surface area contributed by atoms with Crippen LogP contribution in [0, 0.1) is 0 Å². The van der Waals surface area contributed by atoms with Crippen molar-refractivity contribution in [3.63, 3.8) is 0 Å². The minimum Gasteiger partial charge on any atom is -0.493 e. The van der Waals surface area contributed by atoms with E-state index in [0.717, 1.165) is 17.1 Å². The Bertz CT molecular complexity index is 570. The maximum atomic E-state index is 5.99. The normalized spacial score (nSPS) is 10.1. The van der Waals surface area contributed by atoms with Gasteiger partial charge >= 0.3 is 0 Å². The standard InChI is InChI=1S/C15H18N2O2/c1-17(13-7-5-4-6-12(13)16)11-8-9-14(18-2)15(10-11)19-3/h4-10H,16H2,1-3H3. The molecule has 2 aromatic carbocycles. The molecule has 4 nitrogen and oxygen atoms in total. The zero-order valence-electron chi connectivity index (χ0n) is 11.4. The number of hydrogen-bond acceptors (Lipinski definition) is 4. The molecule has 0 saturated heterocycles. The van der Waals surface area contributed by atoms with E-state index in [2.05, 4.69) is 0 Å². The van der Waals surface area contributed by atoms with E-state index in [0.29, 0.717) is 11.5 Å². The summed E-state index contributed by atoms with van der Waals surface area (Å²) >= 11 is 0. The van der Waals surface area contributed by atoms with Crippen molar-refractivity contribution in [3.05, 3.63) is 42.5 Å². The molecule has 0 amide bonds. The minimum absolute atomic E-state index is 0.696. The van der Waals surface area contributed by atoms with Crippen molar-refractivity contribution in [2.45, 2.75) is 0 Å². The fourth-order valence-corrected chi connectivity index (χ4v) is 1.97. The molecule has 0 bridgehead atoms. The number of para-hydroxylation sites is 2. The van der Waals surface area contributed by atoms with Crippen LogP contribution in [0.1, 0.15) is 0 Å². The van der Waals surface area contributed by atoms with E-state index in [9.17, 15) is 0 Å². The van der Waals surface area contributed by atoms with Crippen molar-refractivity contribution in [3.8, 4) is 11.5 Å². The van der Waals surface area contributed by atoms with E-state index in [4.69, 9.17) is 15.2 Å². The maximum Gasteiger partial charge on any atom is 0.162 e. The van der Waals surface area contributed by atoms with Gasteiger partial charge in [-0.2, -0.15) is 0 Å². The van der Waals surface area contributed by atoms with Gasteiger partial charge in [-0.3, -0.25) is 0 Å². The number of nitrogens with zero attached hydrogens (tertiary/aromatic N) is 1. The van der Waals surface area contributed by atoms with Crippen LogP contribution in [-0.2, 0) is 0 Å². The molecule has 19 heavy (non-hydrogen) atoms. The molecule has 0 aromatic heterocycles. The van der Waals surface area contributed by atoms with Gasteiger partial charge < -0.3 is 20.1 Å². The summed E-state index contributed by atoms with van der Waals surface area (Å²) in [7, 11) is 5.21.